The molecular weight excluding hydrogens is 624 g/mol. The van der Waals surface area contributed by atoms with Crippen LogP contribution < -0.4 is 14.2 Å². The Bertz CT molecular complexity index is 2150. The number of H-pyrrole nitrogens is 1. The van der Waals surface area contributed by atoms with Crippen LogP contribution in [0.15, 0.2) is 91.4 Å². The van der Waals surface area contributed by atoms with E-state index in [1.165, 1.54) is 0 Å². The molecule has 0 aliphatic rings. The molecule has 49 heavy (non-hydrogen) atoms. The van der Waals surface area contributed by atoms with Crippen molar-refractivity contribution in [1.29, 1.82) is 0 Å². The summed E-state index contributed by atoms with van der Waals surface area (Å²) in [6, 6.07) is 22.1. The zero-order chi connectivity index (χ0) is 34.0. The Morgan fingerprint density at radius 1 is 0.571 bits per heavy atom. The lowest BCUT2D eigenvalue weighted by Crippen LogP contribution is -2.22. The van der Waals surface area contributed by atoms with Gasteiger partial charge in [-0.1, -0.05) is 15.6 Å². The number of nitrogens with zero attached hydrogens (tertiary/aromatic N) is 11. The number of benzene rings is 3. The molecule has 7 rings (SSSR count). The third-order valence-corrected chi connectivity index (χ3v) is 7.29. The summed E-state index contributed by atoms with van der Waals surface area (Å²) in [7, 11) is 0. The van der Waals surface area contributed by atoms with E-state index in [2.05, 4.69) is 71.8 Å². The lowest BCUT2D eigenvalue weighted by Gasteiger charge is -2.17. The van der Waals surface area contributed by atoms with Crippen LogP contribution in [0.5, 0.6) is 35.3 Å². The zero-order valence-electron chi connectivity index (χ0n) is 27.4. The Hall–Kier alpha value is -6.51. The molecule has 4 heterocycles. The Morgan fingerprint density at radius 2 is 1.02 bits per heavy atom. The minimum absolute atomic E-state index is 0.0202. The second kappa shape index (κ2) is 12.9. The van der Waals surface area contributed by atoms with E-state index in [0.717, 1.165) is 28.1 Å². The third kappa shape index (κ3) is 7.25. The maximum Gasteiger partial charge on any atom is 0.331 e. The van der Waals surface area contributed by atoms with Crippen molar-refractivity contribution in [3.63, 3.8) is 0 Å². The van der Waals surface area contributed by atoms with E-state index in [1.807, 2.05) is 67.3 Å². The normalized spacial score (nSPS) is 11.6. The molecule has 7 aromatic rings. The van der Waals surface area contributed by atoms with Gasteiger partial charge < -0.3 is 14.2 Å². The summed E-state index contributed by atoms with van der Waals surface area (Å²) >= 11 is 0. The standard InChI is InChI=1S/C34H32N12O3/c1-21(2)45-19-29(40-43-45)23-8-14-26(15-9-23)48-32-36-31(47-25-12-6-22(7-13-25)28-18-35-42-39-28)37-33(38-32)49-27-16-10-24(11-17-27)30-20-46(44-41-30)34(3,4)5/h6-21H,1-5H3,(H,35,39,42). The Balaban J connectivity index is 1.13. The molecule has 246 valence electrons. The van der Waals surface area contributed by atoms with Crippen molar-refractivity contribution in [2.75, 3.05) is 0 Å². The quantitative estimate of drug-likeness (QED) is 0.162. The Labute approximate surface area is 281 Å². The lowest BCUT2D eigenvalue weighted by molar-refractivity contribution is 0.347. The molecule has 15 nitrogen and oxygen atoms in total. The van der Waals surface area contributed by atoms with Crippen molar-refractivity contribution in [1.82, 2.24) is 60.4 Å². The fraction of sp³-hybridized carbons (Fsp3) is 0.206. The van der Waals surface area contributed by atoms with E-state index in [0.29, 0.717) is 22.9 Å². The van der Waals surface area contributed by atoms with Crippen LogP contribution in [0.3, 0.4) is 0 Å². The first-order chi connectivity index (χ1) is 23.7. The first kappa shape index (κ1) is 31.1. The van der Waals surface area contributed by atoms with Crippen LogP contribution in [0.1, 0.15) is 40.7 Å². The van der Waals surface area contributed by atoms with Gasteiger partial charge in [-0.15, -0.1) is 30.2 Å². The lowest BCUT2D eigenvalue weighted by atomic mass is 10.1. The van der Waals surface area contributed by atoms with Gasteiger partial charge in [0.1, 0.15) is 34.3 Å². The molecule has 0 atom stereocenters. The maximum atomic E-state index is 6.05. The van der Waals surface area contributed by atoms with Gasteiger partial charge in [0.25, 0.3) is 0 Å². The highest BCUT2D eigenvalue weighted by atomic mass is 16.5. The van der Waals surface area contributed by atoms with Gasteiger partial charge in [-0.25, -0.2) is 9.36 Å². The zero-order valence-corrected chi connectivity index (χ0v) is 27.4. The van der Waals surface area contributed by atoms with Gasteiger partial charge >= 0.3 is 18.0 Å². The average Bonchev–Trinajstić information content (AvgIpc) is 3.89. The van der Waals surface area contributed by atoms with E-state index in [1.54, 1.807) is 47.3 Å². The molecule has 3 aromatic carbocycles. The van der Waals surface area contributed by atoms with Crippen LogP contribution in [0, 0.1) is 0 Å². The van der Waals surface area contributed by atoms with E-state index in [4.69, 9.17) is 14.2 Å². The number of ether oxygens (including phenoxy) is 3. The molecule has 4 aromatic heterocycles. The van der Waals surface area contributed by atoms with Gasteiger partial charge in [0.2, 0.25) is 0 Å². The first-order valence-electron chi connectivity index (χ1n) is 15.5. The molecule has 0 unspecified atom stereocenters. The predicted octanol–water partition coefficient (Wildman–Crippen LogP) is 6.89. The number of nitrogens with one attached hydrogen (secondary N) is 1. The summed E-state index contributed by atoms with van der Waals surface area (Å²) in [6.45, 7) is 10.3. The van der Waals surface area contributed by atoms with Gasteiger partial charge in [0.15, 0.2) is 0 Å². The number of rotatable bonds is 10. The molecule has 0 aliphatic carbocycles. The van der Waals surface area contributed by atoms with Crippen LogP contribution in [0.25, 0.3) is 33.8 Å². The Morgan fingerprint density at radius 3 is 1.41 bits per heavy atom. The van der Waals surface area contributed by atoms with E-state index < -0.39 is 0 Å². The van der Waals surface area contributed by atoms with Gasteiger partial charge in [0, 0.05) is 28.9 Å². The van der Waals surface area contributed by atoms with Crippen molar-refractivity contribution < 1.29 is 14.2 Å². The van der Waals surface area contributed by atoms with Crippen LogP contribution in [-0.4, -0.2) is 60.4 Å². The van der Waals surface area contributed by atoms with Crippen molar-refractivity contribution in [3.8, 4) is 69.1 Å². The Kier molecular flexibility index (Phi) is 8.22. The SMILES string of the molecule is CC(C)n1cc(-c2ccc(Oc3nc(Oc4ccc(-c5c[nH]nn5)cc4)nc(Oc4ccc(-c5cn(C(C)(C)C)nn5)cc4)n3)cc2)nn1. The summed E-state index contributed by atoms with van der Waals surface area (Å²) in [6.07, 6.45) is 5.52. The fourth-order valence-corrected chi connectivity index (χ4v) is 4.58. The molecule has 1 N–H and O–H groups in total. The molecule has 0 saturated carbocycles. The average molecular weight is 657 g/mol. The van der Waals surface area contributed by atoms with Gasteiger partial charge in [-0.05, 0) is 107 Å². The highest BCUT2D eigenvalue weighted by Gasteiger charge is 2.17. The maximum absolute atomic E-state index is 6.05. The molecule has 0 amide bonds. The minimum Gasteiger partial charge on any atom is -0.424 e. The molecule has 15 heteroatoms. The summed E-state index contributed by atoms with van der Waals surface area (Å²) < 4.78 is 21.7. The molecular formula is C34H32N12O3. The van der Waals surface area contributed by atoms with Gasteiger partial charge in [0.05, 0.1) is 17.9 Å². The molecule has 0 bridgehead atoms. The fourth-order valence-electron chi connectivity index (χ4n) is 4.58. The molecule has 0 radical (unpaired) electrons. The van der Waals surface area contributed by atoms with E-state index >= 15 is 0 Å². The van der Waals surface area contributed by atoms with Crippen LogP contribution in [0.4, 0.5) is 0 Å². The van der Waals surface area contributed by atoms with Gasteiger partial charge in [-0.3, -0.25) is 5.10 Å². The monoisotopic (exact) mass is 656 g/mol. The highest BCUT2D eigenvalue weighted by molar-refractivity contribution is 5.60. The first-order valence-corrected chi connectivity index (χ1v) is 15.5. The molecule has 0 spiro atoms. The van der Waals surface area contributed by atoms with Crippen molar-refractivity contribution in [2.45, 2.75) is 46.2 Å². The second-order valence-electron chi connectivity index (χ2n) is 12.3. The molecule has 0 aliphatic heterocycles. The van der Waals surface area contributed by atoms with Crippen molar-refractivity contribution in [2.24, 2.45) is 0 Å². The number of aromatic amines is 1. The highest BCUT2D eigenvalue weighted by Crippen LogP contribution is 2.30. The minimum atomic E-state index is -0.178. The summed E-state index contributed by atoms with van der Waals surface area (Å²) in [5, 5.41) is 27.5. The second-order valence-corrected chi connectivity index (χ2v) is 12.3. The number of hydrogen-bond acceptors (Lipinski definition) is 12. The van der Waals surface area contributed by atoms with Gasteiger partial charge in [-0.2, -0.15) is 0 Å². The van der Waals surface area contributed by atoms with Crippen molar-refractivity contribution >= 4 is 0 Å². The van der Waals surface area contributed by atoms with Crippen LogP contribution >= 0.6 is 0 Å². The van der Waals surface area contributed by atoms with Crippen LogP contribution in [-0.2, 0) is 5.54 Å². The smallest absolute Gasteiger partial charge is 0.331 e. The summed E-state index contributed by atoms with van der Waals surface area (Å²) in [5.74, 6) is 1.47. The van der Waals surface area contributed by atoms with E-state index in [9.17, 15) is 0 Å². The number of hydrogen-bond donors (Lipinski definition) is 1. The topological polar surface area (TPSA) is 169 Å². The van der Waals surface area contributed by atoms with E-state index in [-0.39, 0.29) is 29.6 Å². The third-order valence-electron chi connectivity index (χ3n) is 7.29. The molecule has 0 fully saturated rings. The molecule has 0 saturated heterocycles. The number of aromatic nitrogens is 12. The summed E-state index contributed by atoms with van der Waals surface area (Å²) in [4.78, 5) is 13.2. The van der Waals surface area contributed by atoms with Crippen LogP contribution in [0.2, 0.25) is 0 Å². The predicted molar refractivity (Wildman–Crippen MR) is 178 cm³/mol. The van der Waals surface area contributed by atoms with Crippen molar-refractivity contribution in [3.05, 3.63) is 91.4 Å². The largest absolute Gasteiger partial charge is 0.424 e. The summed E-state index contributed by atoms with van der Waals surface area (Å²) in [5.41, 5.74) is 4.67.